The van der Waals surface area contributed by atoms with Gasteiger partial charge in [0.25, 0.3) is 0 Å². The number of nitrogen functional groups attached to an aromatic ring is 1. The van der Waals surface area contributed by atoms with Crippen LogP contribution in [0.5, 0.6) is 5.75 Å². The molecule has 3 N–H and O–H groups in total. The predicted octanol–water partition coefficient (Wildman–Crippen LogP) is 1.40. The molecular weight excluding hydrogens is 218 g/mol. The summed E-state index contributed by atoms with van der Waals surface area (Å²) in [5.74, 6) is 7.26. The van der Waals surface area contributed by atoms with Crippen molar-refractivity contribution in [2.75, 3.05) is 24.0 Å². The van der Waals surface area contributed by atoms with Gasteiger partial charge in [-0.25, -0.2) is 15.8 Å². The van der Waals surface area contributed by atoms with E-state index in [2.05, 4.69) is 41.1 Å². The lowest BCUT2D eigenvalue weighted by atomic mass is 10.2. The minimum atomic E-state index is 0.337. The van der Waals surface area contributed by atoms with Crippen molar-refractivity contribution in [3.63, 3.8) is 0 Å². The maximum absolute atomic E-state index is 5.41. The van der Waals surface area contributed by atoms with Crippen LogP contribution in [-0.4, -0.2) is 29.7 Å². The van der Waals surface area contributed by atoms with Crippen molar-refractivity contribution >= 4 is 11.6 Å². The summed E-state index contributed by atoms with van der Waals surface area (Å²) in [5.41, 5.74) is 2.52. The first-order valence-corrected chi connectivity index (χ1v) is 5.77. The van der Waals surface area contributed by atoms with Gasteiger partial charge < -0.3 is 15.1 Å². The van der Waals surface area contributed by atoms with Crippen LogP contribution in [0, 0.1) is 0 Å². The van der Waals surface area contributed by atoms with Crippen molar-refractivity contribution in [1.82, 2.24) is 9.97 Å². The first kappa shape index (κ1) is 13.5. The number of nitrogens with two attached hydrogens (primary N) is 1. The van der Waals surface area contributed by atoms with Crippen LogP contribution in [0.1, 0.15) is 27.2 Å². The Morgan fingerprint density at radius 3 is 2.65 bits per heavy atom. The third-order valence-corrected chi connectivity index (χ3v) is 2.49. The van der Waals surface area contributed by atoms with Crippen molar-refractivity contribution < 1.29 is 4.74 Å². The number of ether oxygens (including phenoxy) is 1. The molecule has 0 unspecified atom stereocenters. The fourth-order valence-electron chi connectivity index (χ4n) is 1.71. The molecule has 0 saturated heterocycles. The fraction of sp³-hybridized carbons (Fsp3) is 0.636. The molecule has 1 heterocycles. The molecular formula is C11H21N5O. The highest BCUT2D eigenvalue weighted by molar-refractivity contribution is 5.64. The number of hydrogen-bond acceptors (Lipinski definition) is 6. The maximum Gasteiger partial charge on any atom is 0.205 e. The molecule has 17 heavy (non-hydrogen) atoms. The number of aromatic nitrogens is 2. The van der Waals surface area contributed by atoms with Crippen molar-refractivity contribution in [3.8, 4) is 5.75 Å². The summed E-state index contributed by atoms with van der Waals surface area (Å²) in [6.07, 6.45) is 2.52. The van der Waals surface area contributed by atoms with Gasteiger partial charge in [-0.05, 0) is 20.3 Å². The average molecular weight is 239 g/mol. The number of anilines is 2. The molecule has 0 saturated carbocycles. The molecule has 6 heteroatoms. The highest BCUT2D eigenvalue weighted by atomic mass is 16.5. The van der Waals surface area contributed by atoms with Crippen LogP contribution < -0.4 is 20.9 Å². The monoisotopic (exact) mass is 239 g/mol. The second kappa shape index (κ2) is 6.24. The Balaban J connectivity index is 3.17. The summed E-state index contributed by atoms with van der Waals surface area (Å²) in [4.78, 5) is 10.5. The van der Waals surface area contributed by atoms with Gasteiger partial charge in [-0.3, -0.25) is 0 Å². The van der Waals surface area contributed by atoms with Crippen molar-refractivity contribution in [3.05, 3.63) is 6.33 Å². The molecule has 0 aliphatic rings. The SMILES string of the molecule is CCCN(c1ncnc(NN)c1OC)C(C)C. The molecule has 0 bridgehead atoms. The van der Waals surface area contributed by atoms with Crippen LogP contribution in [-0.2, 0) is 0 Å². The van der Waals surface area contributed by atoms with Crippen LogP contribution in [0.3, 0.4) is 0 Å². The van der Waals surface area contributed by atoms with Gasteiger partial charge >= 0.3 is 0 Å². The average Bonchev–Trinajstić information content (AvgIpc) is 2.34. The van der Waals surface area contributed by atoms with E-state index in [0.717, 1.165) is 18.8 Å². The molecule has 1 rings (SSSR count). The van der Waals surface area contributed by atoms with Crippen LogP contribution in [0.15, 0.2) is 6.33 Å². The summed E-state index contributed by atoms with van der Waals surface area (Å²) in [5, 5.41) is 0. The molecule has 1 aromatic rings. The van der Waals surface area contributed by atoms with Crippen molar-refractivity contribution in [1.29, 1.82) is 0 Å². The zero-order valence-electron chi connectivity index (χ0n) is 10.9. The van der Waals surface area contributed by atoms with Crippen molar-refractivity contribution in [2.24, 2.45) is 5.84 Å². The molecule has 0 fully saturated rings. The summed E-state index contributed by atoms with van der Waals surface area (Å²) >= 11 is 0. The van der Waals surface area contributed by atoms with E-state index in [1.807, 2.05) is 0 Å². The number of rotatable bonds is 6. The second-order valence-corrected chi connectivity index (χ2v) is 4.01. The predicted molar refractivity (Wildman–Crippen MR) is 69.2 cm³/mol. The zero-order chi connectivity index (χ0) is 12.8. The first-order valence-electron chi connectivity index (χ1n) is 5.77. The molecule has 0 aliphatic heterocycles. The number of nitrogens with zero attached hydrogens (tertiary/aromatic N) is 3. The highest BCUT2D eigenvalue weighted by Gasteiger charge is 2.19. The quantitative estimate of drug-likeness (QED) is 0.577. The summed E-state index contributed by atoms with van der Waals surface area (Å²) in [7, 11) is 1.59. The van der Waals surface area contributed by atoms with E-state index in [-0.39, 0.29) is 0 Å². The molecule has 6 nitrogen and oxygen atoms in total. The lowest BCUT2D eigenvalue weighted by Gasteiger charge is -2.28. The Bertz CT molecular complexity index is 356. The van der Waals surface area contributed by atoms with Gasteiger partial charge in [-0.15, -0.1) is 0 Å². The molecule has 96 valence electrons. The fourth-order valence-corrected chi connectivity index (χ4v) is 1.71. The highest BCUT2D eigenvalue weighted by Crippen LogP contribution is 2.32. The number of hydrogen-bond donors (Lipinski definition) is 2. The van der Waals surface area contributed by atoms with E-state index in [1.165, 1.54) is 6.33 Å². The van der Waals surface area contributed by atoms with Gasteiger partial charge in [0.15, 0.2) is 11.6 Å². The van der Waals surface area contributed by atoms with E-state index >= 15 is 0 Å². The maximum atomic E-state index is 5.41. The van der Waals surface area contributed by atoms with Gasteiger partial charge in [-0.1, -0.05) is 6.92 Å². The number of hydrazine groups is 1. The van der Waals surface area contributed by atoms with E-state index in [4.69, 9.17) is 10.6 Å². The summed E-state index contributed by atoms with van der Waals surface area (Å²) < 4.78 is 5.34. The molecule has 0 aromatic carbocycles. The minimum absolute atomic E-state index is 0.337. The van der Waals surface area contributed by atoms with Crippen LogP contribution in [0.2, 0.25) is 0 Å². The van der Waals surface area contributed by atoms with Gasteiger partial charge in [0.1, 0.15) is 6.33 Å². The third kappa shape index (κ3) is 2.97. The number of methoxy groups -OCH3 is 1. The molecule has 0 aliphatic carbocycles. The molecule has 1 aromatic heterocycles. The third-order valence-electron chi connectivity index (χ3n) is 2.49. The Labute approximate surface area is 102 Å². The second-order valence-electron chi connectivity index (χ2n) is 4.01. The van der Waals surface area contributed by atoms with Crippen molar-refractivity contribution in [2.45, 2.75) is 33.2 Å². The Kier molecular flexibility index (Phi) is 4.96. The lowest BCUT2D eigenvalue weighted by molar-refractivity contribution is 0.410. The van der Waals surface area contributed by atoms with Gasteiger partial charge in [0, 0.05) is 12.6 Å². The molecule has 0 atom stereocenters. The number of nitrogens with one attached hydrogen (secondary N) is 1. The summed E-state index contributed by atoms with van der Waals surface area (Å²) in [6, 6.07) is 0.337. The van der Waals surface area contributed by atoms with E-state index in [0.29, 0.717) is 17.6 Å². The lowest BCUT2D eigenvalue weighted by Crippen LogP contribution is -2.33. The molecule has 0 radical (unpaired) electrons. The standard InChI is InChI=1S/C11H21N5O/c1-5-6-16(8(2)3)11-9(17-4)10(15-12)13-7-14-11/h7-8H,5-6,12H2,1-4H3,(H,13,14,15). The Morgan fingerprint density at radius 2 is 2.18 bits per heavy atom. The van der Waals surface area contributed by atoms with E-state index < -0.39 is 0 Å². The van der Waals surface area contributed by atoms with Gasteiger partial charge in [0.05, 0.1) is 7.11 Å². The largest absolute Gasteiger partial charge is 0.490 e. The van der Waals surface area contributed by atoms with Gasteiger partial charge in [-0.2, -0.15) is 0 Å². The zero-order valence-corrected chi connectivity index (χ0v) is 10.9. The van der Waals surface area contributed by atoms with Crippen LogP contribution >= 0.6 is 0 Å². The minimum Gasteiger partial charge on any atom is -0.490 e. The Morgan fingerprint density at radius 1 is 1.47 bits per heavy atom. The van der Waals surface area contributed by atoms with E-state index in [1.54, 1.807) is 7.11 Å². The summed E-state index contributed by atoms with van der Waals surface area (Å²) in [6.45, 7) is 7.28. The van der Waals surface area contributed by atoms with Gasteiger partial charge in [0.2, 0.25) is 5.75 Å². The first-order chi connectivity index (χ1) is 8.15. The topological polar surface area (TPSA) is 76.3 Å². The normalized spacial score (nSPS) is 10.5. The van der Waals surface area contributed by atoms with E-state index in [9.17, 15) is 0 Å². The van der Waals surface area contributed by atoms with Crippen LogP contribution in [0.4, 0.5) is 11.6 Å². The smallest absolute Gasteiger partial charge is 0.205 e. The molecule has 0 amide bonds. The molecule has 0 spiro atoms. The van der Waals surface area contributed by atoms with Crippen LogP contribution in [0.25, 0.3) is 0 Å². The Hall–Kier alpha value is -1.56.